The molecule has 0 atom stereocenters. The highest BCUT2D eigenvalue weighted by molar-refractivity contribution is 6.95. The lowest BCUT2D eigenvalue weighted by Crippen LogP contribution is -2.62. The standard InChI is InChI=1S/C19H38O2Si4/c1-11-18-12-14-19(15-13-18)25(20-23(5,6)7,21-24(8,9)10)17-16-22(2,3)4/h11-15H,1,16-17H2,2-10H3. The van der Waals surface area contributed by atoms with Gasteiger partial charge in [-0.3, -0.25) is 0 Å². The van der Waals surface area contributed by atoms with Crippen molar-refractivity contribution >= 4 is 44.5 Å². The molecular weight excluding hydrogens is 373 g/mol. The maximum Gasteiger partial charge on any atom is 0.351 e. The third-order valence-corrected chi connectivity index (χ3v) is 15.6. The molecule has 1 aromatic carbocycles. The van der Waals surface area contributed by atoms with E-state index in [1.165, 1.54) is 11.2 Å². The largest absolute Gasteiger partial charge is 0.433 e. The number of hydrogen-bond donors (Lipinski definition) is 0. The second-order valence-electron chi connectivity index (χ2n) is 10.1. The molecular formula is C19H38O2Si4. The van der Waals surface area contributed by atoms with Crippen LogP contribution in [0.5, 0.6) is 0 Å². The minimum absolute atomic E-state index is 1.07. The first-order valence-electron chi connectivity index (χ1n) is 9.29. The highest BCUT2D eigenvalue weighted by Gasteiger charge is 2.46. The quantitative estimate of drug-likeness (QED) is 0.463. The molecule has 0 spiro atoms. The Kier molecular flexibility index (Phi) is 7.46. The van der Waals surface area contributed by atoms with Gasteiger partial charge in [0.2, 0.25) is 0 Å². The van der Waals surface area contributed by atoms with Gasteiger partial charge in [0.25, 0.3) is 0 Å². The van der Waals surface area contributed by atoms with E-state index in [-0.39, 0.29) is 0 Å². The monoisotopic (exact) mass is 410 g/mol. The third-order valence-electron chi connectivity index (χ3n) is 3.73. The van der Waals surface area contributed by atoms with Crippen molar-refractivity contribution in [2.24, 2.45) is 0 Å². The fourth-order valence-electron chi connectivity index (χ4n) is 2.79. The molecule has 1 rings (SSSR count). The summed E-state index contributed by atoms with van der Waals surface area (Å²) < 4.78 is 13.9. The molecule has 0 amide bonds. The molecule has 6 heteroatoms. The third kappa shape index (κ3) is 8.32. The fraction of sp³-hybridized carbons (Fsp3) is 0.579. The van der Waals surface area contributed by atoms with Crippen LogP contribution in [0.3, 0.4) is 0 Å². The molecule has 0 bridgehead atoms. The van der Waals surface area contributed by atoms with Gasteiger partial charge >= 0.3 is 8.56 Å². The molecule has 1 aromatic rings. The normalized spacial score (nSPS) is 13.8. The summed E-state index contributed by atoms with van der Waals surface area (Å²) in [4.78, 5) is 0. The van der Waals surface area contributed by atoms with E-state index in [1.807, 2.05) is 6.08 Å². The summed E-state index contributed by atoms with van der Waals surface area (Å²) in [7, 11) is -7.12. The molecule has 0 aliphatic carbocycles. The van der Waals surface area contributed by atoms with Crippen molar-refractivity contribution in [3.8, 4) is 0 Å². The summed E-state index contributed by atoms with van der Waals surface area (Å²) >= 11 is 0. The Bertz CT molecular complexity index is 547. The summed E-state index contributed by atoms with van der Waals surface area (Å²) in [6.07, 6.45) is 1.90. The van der Waals surface area contributed by atoms with Crippen LogP contribution in [0, 0.1) is 0 Å². The van der Waals surface area contributed by atoms with E-state index in [0.717, 1.165) is 11.6 Å². The fourth-order valence-corrected chi connectivity index (χ4v) is 18.3. The molecule has 0 N–H and O–H groups in total. The van der Waals surface area contributed by atoms with E-state index < -0.39 is 33.3 Å². The number of rotatable bonds is 9. The molecule has 0 aliphatic rings. The van der Waals surface area contributed by atoms with Crippen LogP contribution in [-0.4, -0.2) is 33.3 Å². The Morgan fingerprint density at radius 3 is 1.52 bits per heavy atom. The van der Waals surface area contributed by atoms with E-state index in [9.17, 15) is 0 Å². The lowest BCUT2D eigenvalue weighted by atomic mass is 10.2. The van der Waals surface area contributed by atoms with Crippen LogP contribution in [0.2, 0.25) is 71.0 Å². The highest BCUT2D eigenvalue weighted by atomic mass is 28.5. The molecule has 0 aromatic heterocycles. The highest BCUT2D eigenvalue weighted by Crippen LogP contribution is 2.29. The lowest BCUT2D eigenvalue weighted by Gasteiger charge is -2.42. The molecule has 0 fully saturated rings. The van der Waals surface area contributed by atoms with Gasteiger partial charge in [-0.2, -0.15) is 0 Å². The van der Waals surface area contributed by atoms with Crippen LogP contribution in [0.15, 0.2) is 30.8 Å². The zero-order valence-electron chi connectivity index (χ0n) is 17.8. The summed E-state index contributed by atoms with van der Waals surface area (Å²) in [5.41, 5.74) is 1.15. The minimum Gasteiger partial charge on any atom is -0.433 e. The van der Waals surface area contributed by atoms with Gasteiger partial charge in [0.05, 0.1) is 0 Å². The first-order valence-corrected chi connectivity index (χ1v) is 21.8. The Morgan fingerprint density at radius 1 is 0.760 bits per heavy atom. The van der Waals surface area contributed by atoms with E-state index in [2.05, 4.69) is 89.8 Å². The minimum atomic E-state index is -2.46. The van der Waals surface area contributed by atoms with Crippen LogP contribution in [-0.2, 0) is 8.23 Å². The summed E-state index contributed by atoms with van der Waals surface area (Å²) in [5, 5.41) is 1.29. The zero-order chi connectivity index (χ0) is 19.5. The second kappa shape index (κ2) is 8.18. The molecule has 0 unspecified atom stereocenters. The summed E-state index contributed by atoms with van der Waals surface area (Å²) in [5.74, 6) is 0. The topological polar surface area (TPSA) is 18.5 Å². The average molecular weight is 411 g/mol. The van der Waals surface area contributed by atoms with Gasteiger partial charge in [-0.25, -0.2) is 0 Å². The SMILES string of the molecule is C=Cc1ccc([Si](CC[Si](C)(C)C)(O[Si](C)(C)C)O[Si](C)(C)C)cc1. The van der Waals surface area contributed by atoms with Crippen molar-refractivity contribution < 1.29 is 8.23 Å². The smallest absolute Gasteiger partial charge is 0.351 e. The number of benzene rings is 1. The number of hydrogen-bond acceptors (Lipinski definition) is 2. The van der Waals surface area contributed by atoms with Crippen molar-refractivity contribution in [2.75, 3.05) is 0 Å². The molecule has 0 saturated heterocycles. The average Bonchev–Trinajstić information content (AvgIpc) is 2.41. The maximum absolute atomic E-state index is 6.94. The van der Waals surface area contributed by atoms with E-state index >= 15 is 0 Å². The zero-order valence-corrected chi connectivity index (χ0v) is 21.8. The summed E-state index contributed by atoms with van der Waals surface area (Å²) in [6.45, 7) is 24.9. The van der Waals surface area contributed by atoms with Gasteiger partial charge in [-0.15, -0.1) is 0 Å². The van der Waals surface area contributed by atoms with Crippen molar-refractivity contribution in [3.63, 3.8) is 0 Å². The van der Waals surface area contributed by atoms with Crippen molar-refractivity contribution in [3.05, 3.63) is 36.4 Å². The summed E-state index contributed by atoms with van der Waals surface area (Å²) in [6, 6.07) is 11.1. The van der Waals surface area contributed by atoms with Gasteiger partial charge in [-0.1, -0.05) is 62.6 Å². The van der Waals surface area contributed by atoms with Crippen LogP contribution in [0.1, 0.15) is 5.56 Å². The predicted octanol–water partition coefficient (Wildman–Crippen LogP) is 6.02. The van der Waals surface area contributed by atoms with Gasteiger partial charge in [0.1, 0.15) is 0 Å². The molecule has 0 radical (unpaired) electrons. The van der Waals surface area contributed by atoms with Gasteiger partial charge in [0.15, 0.2) is 16.6 Å². The maximum atomic E-state index is 6.94. The van der Waals surface area contributed by atoms with Crippen molar-refractivity contribution in [1.29, 1.82) is 0 Å². The van der Waals surface area contributed by atoms with Crippen LogP contribution >= 0.6 is 0 Å². The van der Waals surface area contributed by atoms with Gasteiger partial charge in [-0.05, 0) is 56.1 Å². The Balaban J connectivity index is 3.41. The molecule has 0 saturated carbocycles. The first-order chi connectivity index (χ1) is 11.2. The molecule has 142 valence electrons. The molecule has 0 heterocycles. The van der Waals surface area contributed by atoms with Crippen LogP contribution in [0.4, 0.5) is 0 Å². The van der Waals surface area contributed by atoms with Crippen LogP contribution in [0.25, 0.3) is 6.08 Å². The van der Waals surface area contributed by atoms with Crippen molar-refractivity contribution in [1.82, 2.24) is 0 Å². The van der Waals surface area contributed by atoms with E-state index in [1.54, 1.807) is 0 Å². The van der Waals surface area contributed by atoms with E-state index in [4.69, 9.17) is 8.23 Å². The lowest BCUT2D eigenvalue weighted by molar-refractivity contribution is 0.395. The van der Waals surface area contributed by atoms with E-state index in [0.29, 0.717) is 0 Å². The molecule has 0 aliphatic heterocycles. The molecule has 2 nitrogen and oxygen atoms in total. The predicted molar refractivity (Wildman–Crippen MR) is 124 cm³/mol. The Morgan fingerprint density at radius 2 is 1.20 bits per heavy atom. The first kappa shape index (κ1) is 22.8. The molecule has 25 heavy (non-hydrogen) atoms. The van der Waals surface area contributed by atoms with Gasteiger partial charge < -0.3 is 8.23 Å². The van der Waals surface area contributed by atoms with Gasteiger partial charge in [0, 0.05) is 8.07 Å². The van der Waals surface area contributed by atoms with Crippen molar-refractivity contribution in [2.45, 2.75) is 71.0 Å². The Labute approximate surface area is 160 Å². The second-order valence-corrected chi connectivity index (χ2v) is 28.4. The van der Waals surface area contributed by atoms with Crippen LogP contribution < -0.4 is 5.19 Å². The Hall–Kier alpha value is -0.252.